The zero-order valence-electron chi connectivity index (χ0n) is 12.6. The van der Waals surface area contributed by atoms with E-state index in [0.717, 1.165) is 9.87 Å². The average Bonchev–Trinajstić information content (AvgIpc) is 2.55. The Balaban J connectivity index is 2.41. The highest BCUT2D eigenvalue weighted by atomic mass is 32.2. The zero-order valence-corrected chi connectivity index (χ0v) is 13.4. The van der Waals surface area contributed by atoms with E-state index in [4.69, 9.17) is 10.5 Å². The molecule has 0 heterocycles. The third kappa shape index (κ3) is 3.75. The van der Waals surface area contributed by atoms with E-state index in [0.29, 0.717) is 11.1 Å². The largest absolute Gasteiger partial charge is 0.244 e. The summed E-state index contributed by atoms with van der Waals surface area (Å²) in [7, 11) is -3.82. The van der Waals surface area contributed by atoms with Crippen LogP contribution in [0.3, 0.4) is 0 Å². The van der Waals surface area contributed by atoms with Gasteiger partial charge in [0.15, 0.2) is 0 Å². The van der Waals surface area contributed by atoms with Gasteiger partial charge in [-0.1, -0.05) is 30.3 Å². The predicted molar refractivity (Wildman–Crippen MR) is 85.5 cm³/mol. The molecule has 0 atom stereocenters. The summed E-state index contributed by atoms with van der Waals surface area (Å²) in [5, 5.41) is 17.9. The number of nitrogens with zero attached hydrogens (tertiary/aromatic N) is 3. The molecule has 0 saturated carbocycles. The quantitative estimate of drug-likeness (QED) is 0.791. The molecular weight excluding hydrogens is 310 g/mol. The lowest BCUT2D eigenvalue weighted by Crippen LogP contribution is -2.31. The molecule has 0 aliphatic rings. The molecule has 0 aliphatic heterocycles. The second kappa shape index (κ2) is 7.06. The number of aryl methyl sites for hydroxylation is 1. The maximum atomic E-state index is 12.8. The summed E-state index contributed by atoms with van der Waals surface area (Å²) in [4.78, 5) is 0.114. The molecule has 5 nitrogen and oxygen atoms in total. The predicted octanol–water partition coefficient (Wildman–Crippen LogP) is 2.58. The molecule has 116 valence electrons. The van der Waals surface area contributed by atoms with Gasteiger partial charge in [-0.05, 0) is 36.2 Å². The molecule has 0 N–H and O–H groups in total. The lowest BCUT2D eigenvalue weighted by Gasteiger charge is -2.20. The summed E-state index contributed by atoms with van der Waals surface area (Å²) in [5.74, 6) is 0. The van der Waals surface area contributed by atoms with Crippen molar-refractivity contribution in [3.8, 4) is 12.1 Å². The smallest absolute Gasteiger partial charge is 0.207 e. The van der Waals surface area contributed by atoms with E-state index in [9.17, 15) is 8.42 Å². The number of nitriles is 2. The number of hydrogen-bond donors (Lipinski definition) is 0. The summed E-state index contributed by atoms with van der Waals surface area (Å²) >= 11 is 0. The van der Waals surface area contributed by atoms with Gasteiger partial charge in [-0.25, -0.2) is 8.42 Å². The molecule has 0 radical (unpaired) electrons. The van der Waals surface area contributed by atoms with Crippen LogP contribution in [-0.4, -0.2) is 19.3 Å². The van der Waals surface area contributed by atoms with E-state index < -0.39 is 10.0 Å². The van der Waals surface area contributed by atoms with Crippen molar-refractivity contribution < 1.29 is 8.42 Å². The second-order valence-corrected chi connectivity index (χ2v) is 6.92. The first kappa shape index (κ1) is 16.7. The van der Waals surface area contributed by atoms with Gasteiger partial charge >= 0.3 is 0 Å². The first-order valence-corrected chi connectivity index (χ1v) is 8.35. The summed E-state index contributed by atoms with van der Waals surface area (Å²) in [5.41, 5.74) is 1.69. The van der Waals surface area contributed by atoms with Crippen molar-refractivity contribution in [3.63, 3.8) is 0 Å². The number of benzene rings is 2. The van der Waals surface area contributed by atoms with Gasteiger partial charge in [-0.15, -0.1) is 0 Å². The highest BCUT2D eigenvalue weighted by molar-refractivity contribution is 7.89. The van der Waals surface area contributed by atoms with Crippen LogP contribution < -0.4 is 0 Å². The van der Waals surface area contributed by atoms with Gasteiger partial charge < -0.3 is 0 Å². The van der Waals surface area contributed by atoms with Crippen LogP contribution in [0.2, 0.25) is 0 Å². The van der Waals surface area contributed by atoms with Crippen LogP contribution in [0.1, 0.15) is 16.7 Å². The molecule has 0 aromatic heterocycles. The fourth-order valence-corrected chi connectivity index (χ4v) is 3.77. The van der Waals surface area contributed by atoms with E-state index >= 15 is 0 Å². The molecule has 0 fully saturated rings. The third-order valence-corrected chi connectivity index (χ3v) is 5.32. The Labute approximate surface area is 136 Å². The first-order valence-electron chi connectivity index (χ1n) is 6.91. The Morgan fingerprint density at radius 1 is 1.09 bits per heavy atom. The number of sulfonamides is 1. The van der Waals surface area contributed by atoms with Gasteiger partial charge in [0.1, 0.15) is 6.54 Å². The van der Waals surface area contributed by atoms with Crippen LogP contribution in [-0.2, 0) is 16.6 Å². The third-order valence-electron chi connectivity index (χ3n) is 3.37. The minimum Gasteiger partial charge on any atom is -0.207 e. The molecule has 2 aromatic rings. The maximum absolute atomic E-state index is 12.8. The topological polar surface area (TPSA) is 85.0 Å². The lowest BCUT2D eigenvalue weighted by molar-refractivity contribution is 0.441. The molecule has 23 heavy (non-hydrogen) atoms. The Hall–Kier alpha value is -2.67. The molecule has 0 amide bonds. The van der Waals surface area contributed by atoms with Gasteiger partial charge in [0.25, 0.3) is 0 Å². The molecule has 0 saturated heterocycles. The van der Waals surface area contributed by atoms with Crippen LogP contribution in [0.4, 0.5) is 0 Å². The average molecular weight is 325 g/mol. The molecule has 6 heteroatoms. The molecule has 2 aromatic carbocycles. The zero-order chi connectivity index (χ0) is 16.9. The SMILES string of the molecule is Cc1cc(C#N)ccc1S(=O)(=O)N(CC#N)Cc1ccccc1. The highest BCUT2D eigenvalue weighted by Crippen LogP contribution is 2.22. The Morgan fingerprint density at radius 3 is 2.35 bits per heavy atom. The van der Waals surface area contributed by atoms with Gasteiger partial charge in [-0.2, -0.15) is 14.8 Å². The molecule has 2 rings (SSSR count). The van der Waals surface area contributed by atoms with Crippen LogP contribution in [0.25, 0.3) is 0 Å². The van der Waals surface area contributed by atoms with E-state index in [-0.39, 0.29) is 18.0 Å². The van der Waals surface area contributed by atoms with Crippen molar-refractivity contribution >= 4 is 10.0 Å². The van der Waals surface area contributed by atoms with Crippen molar-refractivity contribution in [1.29, 1.82) is 10.5 Å². The Kier molecular flexibility index (Phi) is 5.13. The van der Waals surface area contributed by atoms with Crippen LogP contribution in [0.15, 0.2) is 53.4 Å². The molecule has 0 aliphatic carbocycles. The number of rotatable bonds is 5. The van der Waals surface area contributed by atoms with E-state index in [1.54, 1.807) is 6.92 Å². The fourth-order valence-electron chi connectivity index (χ4n) is 2.24. The highest BCUT2D eigenvalue weighted by Gasteiger charge is 2.26. The summed E-state index contributed by atoms with van der Waals surface area (Å²) < 4.78 is 26.8. The van der Waals surface area contributed by atoms with Crippen molar-refractivity contribution in [1.82, 2.24) is 4.31 Å². The van der Waals surface area contributed by atoms with Crippen molar-refractivity contribution in [2.75, 3.05) is 6.54 Å². The minimum atomic E-state index is -3.82. The summed E-state index contributed by atoms with van der Waals surface area (Å²) in [6.07, 6.45) is 0. The van der Waals surface area contributed by atoms with Gasteiger partial charge in [0.2, 0.25) is 10.0 Å². The van der Waals surface area contributed by atoms with Crippen molar-refractivity contribution in [2.45, 2.75) is 18.4 Å². The maximum Gasteiger partial charge on any atom is 0.244 e. The second-order valence-electron chi connectivity index (χ2n) is 5.01. The molecule has 0 bridgehead atoms. The molecular formula is C17H15N3O2S. The number of hydrogen-bond acceptors (Lipinski definition) is 4. The van der Waals surface area contributed by atoms with E-state index in [1.165, 1.54) is 18.2 Å². The first-order chi connectivity index (χ1) is 11.0. The lowest BCUT2D eigenvalue weighted by atomic mass is 10.2. The molecule has 0 spiro atoms. The van der Waals surface area contributed by atoms with Gasteiger partial charge in [0, 0.05) is 6.54 Å². The van der Waals surface area contributed by atoms with Crippen molar-refractivity contribution in [3.05, 3.63) is 65.2 Å². The van der Waals surface area contributed by atoms with Gasteiger partial charge in [0.05, 0.1) is 22.6 Å². The standard InChI is InChI=1S/C17H15N3O2S/c1-14-11-16(12-19)7-8-17(14)23(21,22)20(10-9-18)13-15-5-3-2-4-6-15/h2-8,11H,10,13H2,1H3. The monoisotopic (exact) mass is 325 g/mol. The van der Waals surface area contributed by atoms with E-state index in [1.807, 2.05) is 42.5 Å². The van der Waals surface area contributed by atoms with Crippen LogP contribution in [0, 0.1) is 29.6 Å². The van der Waals surface area contributed by atoms with Crippen LogP contribution in [0.5, 0.6) is 0 Å². The fraction of sp³-hybridized carbons (Fsp3) is 0.176. The van der Waals surface area contributed by atoms with Crippen molar-refractivity contribution in [2.24, 2.45) is 0 Å². The normalized spacial score (nSPS) is 11.0. The van der Waals surface area contributed by atoms with Crippen LogP contribution >= 0.6 is 0 Å². The molecule has 0 unspecified atom stereocenters. The minimum absolute atomic E-state index is 0.114. The van der Waals surface area contributed by atoms with E-state index in [2.05, 4.69) is 0 Å². The Morgan fingerprint density at radius 2 is 1.78 bits per heavy atom. The van der Waals surface area contributed by atoms with Gasteiger partial charge in [-0.3, -0.25) is 0 Å². The summed E-state index contributed by atoms with van der Waals surface area (Å²) in [6, 6.07) is 17.4. The summed E-state index contributed by atoms with van der Waals surface area (Å²) in [6.45, 7) is 1.52. The Bertz CT molecular complexity index is 878.